The van der Waals surface area contributed by atoms with Crippen molar-refractivity contribution in [3.8, 4) is 0 Å². The maximum absolute atomic E-state index is 12.3. The minimum absolute atomic E-state index is 0.0819. The van der Waals surface area contributed by atoms with Crippen LogP contribution < -0.4 is 0 Å². The third-order valence-electron chi connectivity index (χ3n) is 8.80. The van der Waals surface area contributed by atoms with Crippen molar-refractivity contribution >= 4 is 27.7 Å². The molecule has 0 bridgehead atoms. The molecular formula is C29H43BrO5. The molecule has 0 aromatic carbocycles. The van der Waals surface area contributed by atoms with Gasteiger partial charge in [0, 0.05) is 6.42 Å². The van der Waals surface area contributed by atoms with Gasteiger partial charge < -0.3 is 14.9 Å². The number of esters is 1. The molecule has 6 heteroatoms. The lowest BCUT2D eigenvalue weighted by atomic mass is 9.60. The number of hydrogen-bond donors (Lipinski definition) is 2. The number of ketones is 1. The Labute approximate surface area is 219 Å². The van der Waals surface area contributed by atoms with E-state index in [1.807, 2.05) is 0 Å². The molecule has 196 valence electrons. The number of aliphatic hydroxyl groups excluding tert-OH is 1. The normalized spacial score (nSPS) is 33.5. The van der Waals surface area contributed by atoms with Crippen molar-refractivity contribution < 1.29 is 24.5 Å². The molecule has 0 saturated heterocycles. The average molecular weight is 552 g/mol. The second-order valence-corrected chi connectivity index (χ2v) is 12.3. The minimum Gasteiger partial charge on any atom is -0.461 e. The SMILES string of the molecule is C=C1CC[C@H](OC(=O)CBr)C/C1=C/C=C1\CCC[C@@]2(C)C1CC[C@@H]2[C@H](C)CC(O)C(=O)C(C)(C)O. The van der Waals surface area contributed by atoms with Gasteiger partial charge in [-0.25, -0.2) is 0 Å². The fraction of sp³-hybridized carbons (Fsp3) is 0.724. The van der Waals surface area contributed by atoms with E-state index in [2.05, 4.69) is 48.5 Å². The van der Waals surface area contributed by atoms with Crippen LogP contribution in [0, 0.1) is 23.2 Å². The summed E-state index contributed by atoms with van der Waals surface area (Å²) in [5.41, 5.74) is 2.44. The van der Waals surface area contributed by atoms with Gasteiger partial charge in [-0.15, -0.1) is 0 Å². The number of fused-ring (bicyclic) bond motifs is 1. The lowest BCUT2D eigenvalue weighted by Crippen LogP contribution is -2.42. The molecule has 3 aliphatic carbocycles. The molecule has 35 heavy (non-hydrogen) atoms. The van der Waals surface area contributed by atoms with Crippen molar-refractivity contribution in [2.45, 2.75) is 103 Å². The van der Waals surface area contributed by atoms with E-state index in [0.29, 0.717) is 18.3 Å². The second kappa shape index (κ2) is 11.4. The van der Waals surface area contributed by atoms with Crippen LogP contribution >= 0.6 is 15.9 Å². The van der Waals surface area contributed by atoms with E-state index in [1.165, 1.54) is 25.0 Å². The summed E-state index contributed by atoms with van der Waals surface area (Å²) < 4.78 is 5.56. The van der Waals surface area contributed by atoms with Crippen LogP contribution in [0.1, 0.15) is 85.5 Å². The number of alkyl halides is 1. The Morgan fingerprint density at radius 2 is 1.97 bits per heavy atom. The number of ether oxygens (including phenoxy) is 1. The zero-order chi connectivity index (χ0) is 26.0. The van der Waals surface area contributed by atoms with Gasteiger partial charge in [-0.1, -0.05) is 59.7 Å². The van der Waals surface area contributed by atoms with Crippen LogP contribution in [-0.4, -0.2) is 45.1 Å². The molecule has 0 radical (unpaired) electrons. The van der Waals surface area contributed by atoms with Crippen molar-refractivity contribution in [2.75, 3.05) is 5.33 Å². The first-order valence-electron chi connectivity index (χ1n) is 13.1. The predicted molar refractivity (Wildman–Crippen MR) is 142 cm³/mol. The molecule has 2 unspecified atom stereocenters. The second-order valence-electron chi connectivity index (χ2n) is 11.8. The van der Waals surface area contributed by atoms with Gasteiger partial charge in [-0.3, -0.25) is 9.59 Å². The highest BCUT2D eigenvalue weighted by Gasteiger charge is 2.51. The highest BCUT2D eigenvalue weighted by Crippen LogP contribution is 2.60. The lowest BCUT2D eigenvalue weighted by Gasteiger charge is -2.44. The molecule has 3 aliphatic rings. The number of hydrogen-bond acceptors (Lipinski definition) is 5. The van der Waals surface area contributed by atoms with Gasteiger partial charge in [0.1, 0.15) is 23.1 Å². The number of Topliss-reactive ketones (excluding diaryl/α,β-unsaturated/α-hetero) is 1. The Bertz CT molecular complexity index is 882. The van der Waals surface area contributed by atoms with Crippen LogP contribution in [0.5, 0.6) is 0 Å². The number of rotatable bonds is 8. The van der Waals surface area contributed by atoms with Crippen molar-refractivity contribution in [2.24, 2.45) is 23.2 Å². The van der Waals surface area contributed by atoms with Crippen LogP contribution in [0.2, 0.25) is 0 Å². The van der Waals surface area contributed by atoms with E-state index in [1.54, 1.807) is 0 Å². The summed E-state index contributed by atoms with van der Waals surface area (Å²) in [6.45, 7) is 11.7. The Morgan fingerprint density at radius 1 is 1.26 bits per heavy atom. The fourth-order valence-corrected chi connectivity index (χ4v) is 7.08. The standard InChI is InChI=1S/C29H43BrO5/c1-18-8-11-22(35-26(32)17-30)16-21(18)10-9-20-7-6-14-29(5)23(12-13-24(20)29)19(2)15-25(31)27(33)28(3,4)34/h9-10,19,22-25,31,34H,1,6-8,11-17H2,2-5H3/b20-9+,21-10-/t19-,22+,23-,24?,25?,29-/m1/s1. The summed E-state index contributed by atoms with van der Waals surface area (Å²) in [5, 5.41) is 20.7. The number of carbonyl (C=O) groups is 2. The quantitative estimate of drug-likeness (QED) is 0.293. The van der Waals surface area contributed by atoms with E-state index in [-0.39, 0.29) is 28.7 Å². The molecule has 5 nitrogen and oxygen atoms in total. The highest BCUT2D eigenvalue weighted by atomic mass is 79.9. The third kappa shape index (κ3) is 6.56. The summed E-state index contributed by atoms with van der Waals surface area (Å²) in [7, 11) is 0. The first-order chi connectivity index (χ1) is 16.4. The number of halogens is 1. The van der Waals surface area contributed by atoms with Crippen molar-refractivity contribution in [1.82, 2.24) is 0 Å². The minimum atomic E-state index is -1.51. The van der Waals surface area contributed by atoms with Crippen molar-refractivity contribution in [1.29, 1.82) is 0 Å². The molecule has 3 fully saturated rings. The first-order valence-corrected chi connectivity index (χ1v) is 14.3. The van der Waals surface area contributed by atoms with Crippen LogP contribution in [0.25, 0.3) is 0 Å². The Balaban J connectivity index is 1.72. The topological polar surface area (TPSA) is 83.8 Å². The molecule has 3 rings (SSSR count). The number of carbonyl (C=O) groups excluding carboxylic acids is 2. The third-order valence-corrected chi connectivity index (χ3v) is 9.26. The smallest absolute Gasteiger partial charge is 0.316 e. The molecule has 0 amide bonds. The molecule has 0 heterocycles. The van der Waals surface area contributed by atoms with Gasteiger partial charge >= 0.3 is 5.97 Å². The average Bonchev–Trinajstić information content (AvgIpc) is 3.15. The molecule has 2 N–H and O–H groups in total. The zero-order valence-electron chi connectivity index (χ0n) is 21.8. The van der Waals surface area contributed by atoms with Crippen molar-refractivity contribution in [3.63, 3.8) is 0 Å². The Hall–Kier alpha value is -1.24. The van der Waals surface area contributed by atoms with Gasteiger partial charge in [0.25, 0.3) is 0 Å². The van der Waals surface area contributed by atoms with Crippen LogP contribution in [0.4, 0.5) is 0 Å². The maximum Gasteiger partial charge on any atom is 0.316 e. The van der Waals surface area contributed by atoms with Gasteiger partial charge in [0.15, 0.2) is 5.78 Å². The van der Waals surface area contributed by atoms with Gasteiger partial charge in [-0.2, -0.15) is 0 Å². The summed E-state index contributed by atoms with van der Waals surface area (Å²) in [6.07, 6.45) is 11.7. The van der Waals surface area contributed by atoms with E-state index in [4.69, 9.17) is 4.74 Å². The summed E-state index contributed by atoms with van der Waals surface area (Å²) in [4.78, 5) is 24.0. The van der Waals surface area contributed by atoms with E-state index in [0.717, 1.165) is 56.9 Å². The molecule has 6 atom stereocenters. The first kappa shape index (κ1) is 28.3. The number of aliphatic hydroxyl groups is 2. The van der Waals surface area contributed by atoms with E-state index >= 15 is 0 Å². The van der Waals surface area contributed by atoms with Gasteiger partial charge in [0.05, 0.1) is 0 Å². The molecule has 0 aromatic rings. The molecule has 0 aromatic heterocycles. The summed E-state index contributed by atoms with van der Waals surface area (Å²) in [6, 6.07) is 0. The molecule has 0 aliphatic heterocycles. The van der Waals surface area contributed by atoms with E-state index in [9.17, 15) is 19.8 Å². The zero-order valence-corrected chi connectivity index (χ0v) is 23.4. The maximum atomic E-state index is 12.3. The molecule has 3 saturated carbocycles. The predicted octanol–water partition coefficient (Wildman–Crippen LogP) is 5.83. The Morgan fingerprint density at radius 3 is 2.63 bits per heavy atom. The van der Waals surface area contributed by atoms with Gasteiger partial charge in [-0.05, 0) is 94.0 Å². The van der Waals surface area contributed by atoms with Crippen LogP contribution in [0.3, 0.4) is 0 Å². The Kier molecular flexibility index (Phi) is 9.26. The summed E-state index contributed by atoms with van der Waals surface area (Å²) in [5.74, 6) is 0.427. The largest absolute Gasteiger partial charge is 0.461 e. The lowest BCUT2D eigenvalue weighted by molar-refractivity contribution is -0.146. The summed E-state index contributed by atoms with van der Waals surface area (Å²) >= 11 is 3.17. The van der Waals surface area contributed by atoms with Crippen LogP contribution in [-0.2, 0) is 14.3 Å². The molecule has 0 spiro atoms. The highest BCUT2D eigenvalue weighted by molar-refractivity contribution is 9.09. The van der Waals surface area contributed by atoms with Crippen LogP contribution in [0.15, 0.2) is 35.5 Å². The monoisotopic (exact) mass is 550 g/mol. The fourth-order valence-electron chi connectivity index (χ4n) is 6.94. The van der Waals surface area contributed by atoms with Gasteiger partial charge in [0.2, 0.25) is 0 Å². The number of allylic oxidation sites excluding steroid dienone is 4. The molecular weight excluding hydrogens is 508 g/mol. The van der Waals surface area contributed by atoms with E-state index < -0.39 is 17.5 Å². The van der Waals surface area contributed by atoms with Crippen molar-refractivity contribution in [3.05, 3.63) is 35.5 Å².